The lowest BCUT2D eigenvalue weighted by Gasteiger charge is -2.24. The monoisotopic (exact) mass is 437 g/mol. The van der Waals surface area contributed by atoms with Gasteiger partial charge in [0.25, 0.3) is 10.3 Å². The van der Waals surface area contributed by atoms with E-state index >= 15 is 0 Å². The van der Waals surface area contributed by atoms with Crippen molar-refractivity contribution in [3.05, 3.63) is 28.8 Å². The van der Waals surface area contributed by atoms with E-state index in [0.29, 0.717) is 24.1 Å². The lowest BCUT2D eigenvalue weighted by atomic mass is 9.84. The van der Waals surface area contributed by atoms with Gasteiger partial charge in [0.1, 0.15) is 12.4 Å². The van der Waals surface area contributed by atoms with E-state index < -0.39 is 5.17 Å². The van der Waals surface area contributed by atoms with E-state index in [1.165, 1.54) is 0 Å². The second-order valence-corrected chi connectivity index (χ2v) is 8.19. The summed E-state index contributed by atoms with van der Waals surface area (Å²) in [6, 6.07) is 4.00. The molecule has 0 amide bonds. The number of aromatic hydroxyl groups is 1. The van der Waals surface area contributed by atoms with Crippen LogP contribution in [0.15, 0.2) is 12.1 Å². The summed E-state index contributed by atoms with van der Waals surface area (Å²) in [6.07, 6.45) is 0. The molecule has 0 atom stereocenters. The van der Waals surface area contributed by atoms with Crippen molar-refractivity contribution in [3.63, 3.8) is 0 Å². The number of halogens is 1. The third-order valence-electron chi connectivity index (χ3n) is 3.27. The van der Waals surface area contributed by atoms with Gasteiger partial charge in [-0.2, -0.15) is 0 Å². The summed E-state index contributed by atoms with van der Waals surface area (Å²) < 4.78 is 5.62. The fraction of sp³-hybridized carbons (Fsp3) is 0.556. The van der Waals surface area contributed by atoms with Gasteiger partial charge in [0, 0.05) is 26.2 Å². The Labute approximate surface area is 179 Å². The number of phenols is 1. The molecule has 0 bridgehead atoms. The summed E-state index contributed by atoms with van der Waals surface area (Å²) in [6.45, 7) is 7.37. The average molecular weight is 438 g/mol. The number of benzene rings is 1. The van der Waals surface area contributed by atoms with E-state index in [4.69, 9.17) is 22.1 Å². The van der Waals surface area contributed by atoms with Crippen molar-refractivity contribution in [3.8, 4) is 5.75 Å². The first-order valence-electron chi connectivity index (χ1n) is 8.08. The number of nitrogens with two attached hydrogens (primary N) is 1. The molecule has 0 aliphatic heterocycles. The fourth-order valence-corrected chi connectivity index (χ4v) is 2.21. The van der Waals surface area contributed by atoms with Crippen molar-refractivity contribution in [1.29, 1.82) is 0 Å². The molecule has 0 aromatic heterocycles. The largest absolute Gasteiger partial charge is 0.507 e. The minimum atomic E-state index is -0.500. The molecular weight excluding hydrogens is 406 g/mol. The summed E-state index contributed by atoms with van der Waals surface area (Å²) >= 11 is 9.03. The first kappa shape index (κ1) is 27.9. The van der Waals surface area contributed by atoms with Crippen LogP contribution in [0, 0.1) is 0 Å². The van der Waals surface area contributed by atoms with Crippen LogP contribution in [0.25, 0.3) is 0 Å². The topological polar surface area (TPSA) is 82.2 Å². The predicted molar refractivity (Wildman–Crippen MR) is 122 cm³/mol. The molecule has 1 aromatic carbocycles. The van der Waals surface area contributed by atoms with Gasteiger partial charge in [0.2, 0.25) is 0 Å². The second kappa shape index (κ2) is 12.2. The van der Waals surface area contributed by atoms with E-state index in [1.807, 2.05) is 45.2 Å². The van der Waals surface area contributed by atoms with Crippen LogP contribution in [-0.4, -0.2) is 58.6 Å². The van der Waals surface area contributed by atoms with E-state index in [9.17, 15) is 5.11 Å². The first-order valence-corrected chi connectivity index (χ1v) is 8.89. The van der Waals surface area contributed by atoms with Crippen LogP contribution in [0.2, 0.25) is 0 Å². The van der Waals surface area contributed by atoms with Crippen molar-refractivity contribution >= 4 is 47.2 Å². The van der Waals surface area contributed by atoms with Gasteiger partial charge >= 0.3 is 0 Å². The molecule has 0 aliphatic rings. The van der Waals surface area contributed by atoms with Crippen LogP contribution in [-0.2, 0) is 23.3 Å². The number of aliphatic hydroxyl groups is 1. The molecule has 0 spiro atoms. The highest BCUT2D eigenvalue weighted by molar-refractivity contribution is 7.80. The maximum absolute atomic E-state index is 10.6. The minimum Gasteiger partial charge on any atom is -0.507 e. The van der Waals surface area contributed by atoms with E-state index in [-0.39, 0.29) is 17.8 Å². The molecule has 9 heteroatoms. The Morgan fingerprint density at radius 1 is 1.15 bits per heavy atom. The summed E-state index contributed by atoms with van der Waals surface area (Å²) in [4.78, 5) is 3.80. The molecule has 0 radical (unpaired) electrons. The fourth-order valence-electron chi connectivity index (χ4n) is 2.15. The maximum Gasteiger partial charge on any atom is 0.259 e. The highest BCUT2D eigenvalue weighted by atomic mass is 35.5. The Kier molecular flexibility index (Phi) is 12.6. The number of hydrogen-bond acceptors (Lipinski definition) is 5. The molecule has 0 saturated heterocycles. The van der Waals surface area contributed by atoms with Crippen molar-refractivity contribution in [1.82, 2.24) is 9.80 Å². The molecule has 4 N–H and O–H groups in total. The van der Waals surface area contributed by atoms with Gasteiger partial charge < -0.3 is 30.5 Å². The number of phenolic OH excluding ortho intramolecular Hbond substituents is 1. The number of ether oxygens (including phenoxy) is 1. The molecule has 156 valence electrons. The van der Waals surface area contributed by atoms with Crippen molar-refractivity contribution in [2.45, 2.75) is 39.3 Å². The third-order valence-corrected chi connectivity index (χ3v) is 3.75. The Hall–Kier alpha value is -1.35. The minimum absolute atomic E-state index is 0. The van der Waals surface area contributed by atoms with Crippen LogP contribution in [0.4, 0.5) is 0 Å². The van der Waals surface area contributed by atoms with Crippen molar-refractivity contribution in [2.75, 3.05) is 28.2 Å². The van der Waals surface area contributed by atoms with Gasteiger partial charge in [0.05, 0.1) is 0 Å². The van der Waals surface area contributed by atoms with Gasteiger partial charge in [-0.25, -0.2) is 0 Å². The molecule has 1 aromatic rings. The molecule has 6 nitrogen and oxygen atoms in total. The molecule has 27 heavy (non-hydrogen) atoms. The summed E-state index contributed by atoms with van der Waals surface area (Å²) in [7, 11) is 7.69. The summed E-state index contributed by atoms with van der Waals surface area (Å²) in [5, 5.41) is 18.1. The molecule has 0 fully saturated rings. The molecule has 0 saturated carbocycles. The predicted octanol–water partition coefficient (Wildman–Crippen LogP) is 3.32. The van der Waals surface area contributed by atoms with Crippen LogP contribution in [0.5, 0.6) is 5.75 Å². The maximum atomic E-state index is 10.6. The Morgan fingerprint density at radius 2 is 1.63 bits per heavy atom. The van der Waals surface area contributed by atoms with E-state index in [0.717, 1.165) is 16.7 Å². The second-order valence-electron chi connectivity index (χ2n) is 7.43. The Balaban J connectivity index is 0. The van der Waals surface area contributed by atoms with Crippen molar-refractivity contribution < 1.29 is 14.9 Å². The normalized spacial score (nSPS) is 10.4. The van der Waals surface area contributed by atoms with Gasteiger partial charge in [-0.05, 0) is 67.2 Å². The molecule has 0 aliphatic carbocycles. The first-order chi connectivity index (χ1) is 11.8. The number of hydrogen-bond donors (Lipinski definition) is 3. The molecule has 0 heterocycles. The Morgan fingerprint density at radius 3 is 2.00 bits per heavy atom. The van der Waals surface area contributed by atoms with Gasteiger partial charge in [-0.3, -0.25) is 0 Å². The number of thiocarbonyl (C=S) groups is 2. The van der Waals surface area contributed by atoms with Gasteiger partial charge in [-0.1, -0.05) is 20.8 Å². The smallest absolute Gasteiger partial charge is 0.259 e. The van der Waals surface area contributed by atoms with E-state index in [2.05, 4.69) is 38.7 Å². The quantitative estimate of drug-likeness (QED) is 0.619. The highest BCUT2D eigenvalue weighted by Crippen LogP contribution is 2.35. The third kappa shape index (κ3) is 11.2. The SMILES string of the molecule is CN(C)Cc1cc(COC(=S)N(C)C)cc(C(C)(C)C)c1O.Cl.NC(O)=S. The standard InChI is InChI=1S/C17H28N2O2S.CH3NOS.ClH/c1-17(2,3)14-9-12(11-21-16(22)19(6)7)8-13(15(14)20)10-18(4)5;2-1(3)4;/h8-9,20H,10-11H2,1-7H3;(H3,2,3,4);1H. The van der Waals surface area contributed by atoms with Crippen LogP contribution in [0.3, 0.4) is 0 Å². The van der Waals surface area contributed by atoms with Gasteiger partial charge in [0.15, 0.2) is 0 Å². The number of nitrogens with zero attached hydrogens (tertiary/aromatic N) is 2. The summed E-state index contributed by atoms with van der Waals surface area (Å²) in [5.74, 6) is 0.375. The number of aliphatic hydroxyl groups excluding tert-OH is 1. The lowest BCUT2D eigenvalue weighted by Crippen LogP contribution is -2.22. The zero-order chi connectivity index (χ0) is 20.7. The average Bonchev–Trinajstić information content (AvgIpc) is 2.44. The molecule has 1 rings (SSSR count). The lowest BCUT2D eigenvalue weighted by molar-refractivity contribution is 0.257. The van der Waals surface area contributed by atoms with Crippen LogP contribution < -0.4 is 5.73 Å². The van der Waals surface area contributed by atoms with E-state index in [1.54, 1.807) is 4.90 Å². The van der Waals surface area contributed by atoms with Crippen LogP contribution >= 0.6 is 36.8 Å². The zero-order valence-electron chi connectivity index (χ0n) is 17.1. The number of rotatable bonds is 4. The van der Waals surface area contributed by atoms with Gasteiger partial charge in [-0.15, -0.1) is 12.4 Å². The highest BCUT2D eigenvalue weighted by Gasteiger charge is 2.21. The summed E-state index contributed by atoms with van der Waals surface area (Å²) in [5.41, 5.74) is 7.12. The van der Waals surface area contributed by atoms with Crippen LogP contribution in [0.1, 0.15) is 37.5 Å². The molecular formula is C18H32ClN3O3S2. The van der Waals surface area contributed by atoms with Crippen molar-refractivity contribution in [2.24, 2.45) is 5.73 Å². The Bertz CT molecular complexity index is 629. The zero-order valence-corrected chi connectivity index (χ0v) is 19.5. The molecule has 0 unspecified atom stereocenters.